The largest absolute Gasteiger partial charge is 0.360 e. The molecular weight excluding hydrogens is 279 g/mol. The molecule has 0 N–H and O–H groups in total. The van der Waals surface area contributed by atoms with Crippen molar-refractivity contribution in [1.82, 2.24) is 0 Å². The standard InChI is InChI=1S/C12H31O3PSi2/c1-9(2)11(5,6)17-14-16(13)15-18-12(7,8)10(3)4/h9-10,16H,17-18H2,1-8H3. The number of hydrogen-bond donors (Lipinski definition) is 0. The van der Waals surface area contributed by atoms with Gasteiger partial charge in [0.05, 0.1) is 0 Å². The Kier molecular flexibility index (Phi) is 7.63. The van der Waals surface area contributed by atoms with Crippen LogP contribution in [-0.4, -0.2) is 19.5 Å². The van der Waals surface area contributed by atoms with Crippen LogP contribution in [0.3, 0.4) is 0 Å². The second-order valence-corrected chi connectivity index (χ2v) is 14.1. The summed E-state index contributed by atoms with van der Waals surface area (Å²) < 4.78 is 22.9. The molecule has 0 amide bonds. The zero-order chi connectivity index (χ0) is 14.6. The molecule has 0 rings (SSSR count). The van der Waals surface area contributed by atoms with E-state index in [0.717, 1.165) is 0 Å². The van der Waals surface area contributed by atoms with Crippen molar-refractivity contribution in [1.29, 1.82) is 0 Å². The lowest BCUT2D eigenvalue weighted by atomic mass is 9.99. The van der Waals surface area contributed by atoms with Crippen LogP contribution < -0.4 is 0 Å². The second-order valence-electron chi connectivity index (χ2n) is 7.11. The zero-order valence-corrected chi connectivity index (χ0v) is 17.1. The van der Waals surface area contributed by atoms with Gasteiger partial charge in [0.25, 0.3) is 8.25 Å². The van der Waals surface area contributed by atoms with Gasteiger partial charge in [-0.25, -0.2) is 0 Å². The Balaban J connectivity index is 4.08. The molecule has 0 radical (unpaired) electrons. The zero-order valence-electron chi connectivity index (χ0n) is 13.3. The summed E-state index contributed by atoms with van der Waals surface area (Å²) in [5.74, 6) is 1.12. The maximum absolute atomic E-state index is 11.8. The minimum atomic E-state index is -2.25. The van der Waals surface area contributed by atoms with E-state index in [-0.39, 0.29) is 10.1 Å². The Morgan fingerprint density at radius 2 is 1.11 bits per heavy atom. The highest BCUT2D eigenvalue weighted by Gasteiger charge is 2.27. The van der Waals surface area contributed by atoms with Crippen LogP contribution in [0.1, 0.15) is 55.4 Å². The first-order valence-corrected chi connectivity index (χ1v) is 10.6. The van der Waals surface area contributed by atoms with Crippen molar-refractivity contribution in [3.8, 4) is 0 Å². The predicted molar refractivity (Wildman–Crippen MR) is 86.0 cm³/mol. The molecule has 0 aromatic rings. The topological polar surface area (TPSA) is 35.5 Å². The van der Waals surface area contributed by atoms with Crippen LogP contribution in [0, 0.1) is 11.8 Å². The van der Waals surface area contributed by atoms with E-state index in [1.165, 1.54) is 0 Å². The lowest BCUT2D eigenvalue weighted by Gasteiger charge is -2.29. The van der Waals surface area contributed by atoms with Gasteiger partial charge in [-0.3, -0.25) is 4.57 Å². The van der Waals surface area contributed by atoms with Crippen LogP contribution in [0.15, 0.2) is 0 Å². The molecule has 0 aliphatic carbocycles. The van der Waals surface area contributed by atoms with E-state index < -0.39 is 27.8 Å². The van der Waals surface area contributed by atoms with Gasteiger partial charge in [-0.2, -0.15) is 0 Å². The van der Waals surface area contributed by atoms with Gasteiger partial charge in [-0.05, 0) is 21.9 Å². The summed E-state index contributed by atoms with van der Waals surface area (Å²) >= 11 is 0. The monoisotopic (exact) mass is 310 g/mol. The first kappa shape index (κ1) is 18.6. The van der Waals surface area contributed by atoms with Crippen molar-refractivity contribution in [2.45, 2.75) is 65.5 Å². The molecule has 18 heavy (non-hydrogen) atoms. The number of hydrogen-bond acceptors (Lipinski definition) is 3. The third-order valence-corrected chi connectivity index (χ3v) is 10.4. The summed E-state index contributed by atoms with van der Waals surface area (Å²) in [5.41, 5.74) is 0. The Hall–Kier alpha value is 0.584. The fourth-order valence-corrected chi connectivity index (χ4v) is 6.53. The average Bonchev–Trinajstić information content (AvgIpc) is 2.23. The fourth-order valence-electron chi connectivity index (χ4n) is 0.865. The highest BCUT2D eigenvalue weighted by molar-refractivity contribution is 7.36. The molecule has 3 nitrogen and oxygen atoms in total. The second kappa shape index (κ2) is 7.39. The van der Waals surface area contributed by atoms with Crippen LogP contribution in [-0.2, 0) is 13.0 Å². The molecular formula is C12H31O3PSi2. The minimum Gasteiger partial charge on any atom is -0.360 e. The van der Waals surface area contributed by atoms with Gasteiger partial charge in [0.1, 0.15) is 0 Å². The minimum absolute atomic E-state index is 0.179. The van der Waals surface area contributed by atoms with Crippen molar-refractivity contribution in [3.63, 3.8) is 0 Å². The molecule has 0 bridgehead atoms. The Morgan fingerprint density at radius 1 is 0.833 bits per heavy atom. The summed E-state index contributed by atoms with van der Waals surface area (Å²) in [6.45, 7) is 17.5. The van der Waals surface area contributed by atoms with E-state index in [4.69, 9.17) is 8.43 Å². The molecule has 0 saturated heterocycles. The smallest absolute Gasteiger partial charge is 0.298 e. The van der Waals surface area contributed by atoms with E-state index in [2.05, 4.69) is 55.4 Å². The van der Waals surface area contributed by atoms with Crippen molar-refractivity contribution < 1.29 is 13.0 Å². The lowest BCUT2D eigenvalue weighted by molar-refractivity contribution is 0.378. The van der Waals surface area contributed by atoms with E-state index in [1.807, 2.05) is 0 Å². The van der Waals surface area contributed by atoms with E-state index in [1.54, 1.807) is 0 Å². The maximum Gasteiger partial charge on any atom is 0.298 e. The van der Waals surface area contributed by atoms with Crippen molar-refractivity contribution in [2.75, 3.05) is 0 Å². The molecule has 0 heterocycles. The average molecular weight is 311 g/mol. The molecule has 0 saturated carbocycles. The molecule has 6 heteroatoms. The Morgan fingerprint density at radius 3 is 1.33 bits per heavy atom. The summed E-state index contributed by atoms with van der Waals surface area (Å²) in [6, 6.07) is 0. The van der Waals surface area contributed by atoms with E-state index >= 15 is 0 Å². The maximum atomic E-state index is 11.8. The first-order valence-electron chi connectivity index (χ1n) is 6.78. The fraction of sp³-hybridized carbons (Fsp3) is 1.00. The molecule has 0 aromatic heterocycles. The van der Waals surface area contributed by atoms with Gasteiger partial charge in [0.2, 0.25) is 0 Å². The first-order chi connectivity index (χ1) is 7.99. The van der Waals surface area contributed by atoms with Crippen LogP contribution in [0.4, 0.5) is 0 Å². The third-order valence-electron chi connectivity index (χ3n) is 4.25. The van der Waals surface area contributed by atoms with Crippen LogP contribution in [0.25, 0.3) is 0 Å². The third kappa shape index (κ3) is 6.66. The van der Waals surface area contributed by atoms with Crippen molar-refractivity contribution >= 4 is 27.8 Å². The summed E-state index contributed by atoms with van der Waals surface area (Å²) in [7, 11) is -3.87. The van der Waals surface area contributed by atoms with Gasteiger partial charge in [0, 0.05) is 0 Å². The Bertz CT molecular complexity index is 252. The van der Waals surface area contributed by atoms with E-state index in [0.29, 0.717) is 11.8 Å². The van der Waals surface area contributed by atoms with Crippen LogP contribution >= 0.6 is 8.25 Å². The van der Waals surface area contributed by atoms with Crippen LogP contribution in [0.2, 0.25) is 10.1 Å². The molecule has 0 spiro atoms. The number of rotatable bonds is 8. The predicted octanol–water partition coefficient (Wildman–Crippen LogP) is 3.29. The molecule has 0 aliphatic rings. The molecule has 0 atom stereocenters. The van der Waals surface area contributed by atoms with Gasteiger partial charge >= 0.3 is 0 Å². The molecule has 0 unspecified atom stereocenters. The Labute approximate surface area is 118 Å². The molecule has 0 aromatic carbocycles. The van der Waals surface area contributed by atoms with Crippen LogP contribution in [0.5, 0.6) is 0 Å². The van der Waals surface area contributed by atoms with Gasteiger partial charge in [-0.15, -0.1) is 0 Å². The van der Waals surface area contributed by atoms with Crippen molar-refractivity contribution in [3.05, 3.63) is 0 Å². The molecule has 110 valence electrons. The van der Waals surface area contributed by atoms with Gasteiger partial charge in [-0.1, -0.05) is 55.4 Å². The SMILES string of the molecule is CC(C)C(C)(C)[SiH2]O[PH](=O)O[SiH2]C(C)(C)C(C)C. The highest BCUT2D eigenvalue weighted by Crippen LogP contribution is 2.39. The molecule has 0 fully saturated rings. The lowest BCUT2D eigenvalue weighted by Crippen LogP contribution is -2.22. The van der Waals surface area contributed by atoms with Gasteiger partial charge < -0.3 is 8.43 Å². The van der Waals surface area contributed by atoms with E-state index in [9.17, 15) is 4.57 Å². The normalized spacial score (nSPS) is 16.8. The quantitative estimate of drug-likeness (QED) is 0.510. The summed E-state index contributed by atoms with van der Waals surface area (Å²) in [5, 5.41) is 0.359. The summed E-state index contributed by atoms with van der Waals surface area (Å²) in [4.78, 5) is 0. The van der Waals surface area contributed by atoms with Crippen molar-refractivity contribution in [2.24, 2.45) is 11.8 Å². The van der Waals surface area contributed by atoms with Gasteiger partial charge in [0.15, 0.2) is 19.5 Å². The summed E-state index contributed by atoms with van der Waals surface area (Å²) in [6.07, 6.45) is 0. The highest BCUT2D eigenvalue weighted by atomic mass is 31.1. The molecule has 0 aliphatic heterocycles.